The van der Waals surface area contributed by atoms with Gasteiger partial charge in [0.1, 0.15) is 0 Å². The van der Waals surface area contributed by atoms with Gasteiger partial charge in [0.05, 0.1) is 5.92 Å². The molecule has 0 spiro atoms. The minimum Gasteiger partial charge on any atom is -0.324 e. The van der Waals surface area contributed by atoms with Crippen LogP contribution in [0, 0.1) is 11.8 Å². The van der Waals surface area contributed by atoms with E-state index in [2.05, 4.69) is 10.8 Å². The van der Waals surface area contributed by atoms with Gasteiger partial charge in [0.25, 0.3) is 0 Å². The van der Waals surface area contributed by atoms with Crippen molar-refractivity contribution in [3.05, 3.63) is 12.2 Å². The standard InChI is InChI=1S/C11H18F2O/c1-3-4-9-5-7-10(8-6-9)11(12,13)14-2/h3-4,9-10H,5-8H2,1-2H3. The topological polar surface area (TPSA) is 9.23 Å². The lowest BCUT2D eigenvalue weighted by Crippen LogP contribution is -2.33. The molecule has 1 aliphatic rings. The molecule has 1 aliphatic carbocycles. The van der Waals surface area contributed by atoms with Gasteiger partial charge in [-0.05, 0) is 38.5 Å². The first-order valence-electron chi connectivity index (χ1n) is 5.16. The summed E-state index contributed by atoms with van der Waals surface area (Å²) in [6, 6.07) is 0. The van der Waals surface area contributed by atoms with Gasteiger partial charge in [-0.15, -0.1) is 0 Å². The van der Waals surface area contributed by atoms with E-state index in [9.17, 15) is 8.78 Å². The minimum absolute atomic E-state index is 0.490. The van der Waals surface area contributed by atoms with E-state index in [1.54, 1.807) is 0 Å². The average Bonchev–Trinajstić information content (AvgIpc) is 2.19. The van der Waals surface area contributed by atoms with E-state index in [4.69, 9.17) is 0 Å². The molecular formula is C11H18F2O. The number of rotatable bonds is 3. The Bertz CT molecular complexity index is 193. The molecule has 1 fully saturated rings. The molecule has 0 atom stereocenters. The maximum Gasteiger partial charge on any atom is 0.358 e. The molecule has 1 rings (SSSR count). The maximum absolute atomic E-state index is 13.1. The van der Waals surface area contributed by atoms with Crippen LogP contribution in [0.5, 0.6) is 0 Å². The van der Waals surface area contributed by atoms with Crippen LogP contribution in [0.2, 0.25) is 0 Å². The quantitative estimate of drug-likeness (QED) is 0.638. The maximum atomic E-state index is 13.1. The third-order valence-electron chi connectivity index (χ3n) is 2.98. The molecule has 1 nitrogen and oxygen atoms in total. The molecule has 82 valence electrons. The summed E-state index contributed by atoms with van der Waals surface area (Å²) in [6.45, 7) is 1.97. The fourth-order valence-corrected chi connectivity index (χ4v) is 2.09. The summed E-state index contributed by atoms with van der Waals surface area (Å²) in [5.74, 6) is -0.0992. The summed E-state index contributed by atoms with van der Waals surface area (Å²) in [6.07, 6.45) is 4.02. The van der Waals surface area contributed by atoms with Crippen molar-refractivity contribution in [1.82, 2.24) is 0 Å². The molecule has 0 bridgehead atoms. The van der Waals surface area contributed by atoms with Crippen molar-refractivity contribution in [2.75, 3.05) is 7.11 Å². The Morgan fingerprint density at radius 3 is 2.21 bits per heavy atom. The molecule has 0 unspecified atom stereocenters. The van der Waals surface area contributed by atoms with E-state index in [0.29, 0.717) is 18.8 Å². The first-order valence-corrected chi connectivity index (χ1v) is 5.16. The van der Waals surface area contributed by atoms with Crippen LogP contribution < -0.4 is 0 Å². The monoisotopic (exact) mass is 204 g/mol. The molecule has 0 radical (unpaired) electrons. The number of alkyl halides is 2. The van der Waals surface area contributed by atoms with Crippen LogP contribution in [0.1, 0.15) is 32.6 Å². The highest BCUT2D eigenvalue weighted by Crippen LogP contribution is 2.39. The Morgan fingerprint density at radius 1 is 1.21 bits per heavy atom. The van der Waals surface area contributed by atoms with E-state index in [-0.39, 0.29) is 0 Å². The second-order valence-corrected chi connectivity index (χ2v) is 3.90. The van der Waals surface area contributed by atoms with E-state index < -0.39 is 12.0 Å². The summed E-state index contributed by atoms with van der Waals surface area (Å²) < 4.78 is 30.4. The Morgan fingerprint density at radius 2 is 1.79 bits per heavy atom. The van der Waals surface area contributed by atoms with Crippen molar-refractivity contribution < 1.29 is 13.5 Å². The lowest BCUT2D eigenvalue weighted by Gasteiger charge is -2.31. The van der Waals surface area contributed by atoms with Crippen LogP contribution in [-0.4, -0.2) is 13.2 Å². The van der Waals surface area contributed by atoms with Gasteiger partial charge >= 0.3 is 6.11 Å². The van der Waals surface area contributed by atoms with Gasteiger partial charge in [0.15, 0.2) is 0 Å². The summed E-state index contributed by atoms with van der Waals surface area (Å²) in [5.41, 5.74) is 0. The summed E-state index contributed by atoms with van der Waals surface area (Å²) in [5, 5.41) is 0. The molecule has 0 aliphatic heterocycles. The smallest absolute Gasteiger partial charge is 0.324 e. The number of hydrogen-bond donors (Lipinski definition) is 0. The zero-order chi connectivity index (χ0) is 10.6. The average molecular weight is 204 g/mol. The van der Waals surface area contributed by atoms with Crippen molar-refractivity contribution in [2.24, 2.45) is 11.8 Å². The predicted molar refractivity (Wildman–Crippen MR) is 52.2 cm³/mol. The second kappa shape index (κ2) is 4.87. The largest absolute Gasteiger partial charge is 0.358 e. The van der Waals surface area contributed by atoms with Gasteiger partial charge in [-0.2, -0.15) is 8.78 Å². The van der Waals surface area contributed by atoms with E-state index in [0.717, 1.165) is 20.0 Å². The molecule has 0 aromatic rings. The molecule has 0 amide bonds. The summed E-state index contributed by atoms with van der Waals surface area (Å²) >= 11 is 0. The first-order chi connectivity index (χ1) is 6.60. The van der Waals surface area contributed by atoms with Crippen molar-refractivity contribution in [3.63, 3.8) is 0 Å². The number of halogens is 2. The second-order valence-electron chi connectivity index (χ2n) is 3.90. The third kappa shape index (κ3) is 2.77. The highest BCUT2D eigenvalue weighted by molar-refractivity contribution is 4.90. The molecule has 1 saturated carbocycles. The fourth-order valence-electron chi connectivity index (χ4n) is 2.09. The fraction of sp³-hybridized carbons (Fsp3) is 0.818. The number of hydrogen-bond acceptors (Lipinski definition) is 1. The van der Waals surface area contributed by atoms with Gasteiger partial charge < -0.3 is 4.74 Å². The Labute approximate surface area is 84.1 Å². The van der Waals surface area contributed by atoms with Crippen LogP contribution in [0.25, 0.3) is 0 Å². The molecule has 0 aromatic carbocycles. The van der Waals surface area contributed by atoms with E-state index in [1.807, 2.05) is 13.0 Å². The summed E-state index contributed by atoms with van der Waals surface area (Å²) in [4.78, 5) is 0. The van der Waals surface area contributed by atoms with E-state index >= 15 is 0 Å². The molecule has 3 heteroatoms. The predicted octanol–water partition coefficient (Wildman–Crippen LogP) is 3.61. The molecule has 0 heterocycles. The molecule has 0 N–H and O–H groups in total. The van der Waals surface area contributed by atoms with Gasteiger partial charge in [-0.3, -0.25) is 0 Å². The first kappa shape index (κ1) is 11.6. The number of methoxy groups -OCH3 is 1. The third-order valence-corrected chi connectivity index (χ3v) is 2.98. The normalized spacial score (nSPS) is 29.7. The van der Waals surface area contributed by atoms with Gasteiger partial charge in [0.2, 0.25) is 0 Å². The number of ether oxygens (including phenoxy) is 1. The SMILES string of the molecule is CC=CC1CCC(C(F)(F)OC)CC1. The molecule has 0 saturated heterocycles. The lowest BCUT2D eigenvalue weighted by molar-refractivity contribution is -0.262. The lowest BCUT2D eigenvalue weighted by atomic mass is 9.81. The Kier molecular flexibility index (Phi) is 4.05. The Balaban J connectivity index is 2.43. The van der Waals surface area contributed by atoms with Gasteiger partial charge in [0, 0.05) is 7.11 Å². The molecular weight excluding hydrogens is 186 g/mol. The van der Waals surface area contributed by atoms with Crippen molar-refractivity contribution >= 4 is 0 Å². The van der Waals surface area contributed by atoms with Crippen LogP contribution in [0.15, 0.2) is 12.2 Å². The van der Waals surface area contributed by atoms with E-state index in [1.165, 1.54) is 0 Å². The van der Waals surface area contributed by atoms with Crippen LogP contribution in [0.3, 0.4) is 0 Å². The number of allylic oxidation sites excluding steroid dienone is 2. The van der Waals surface area contributed by atoms with Crippen molar-refractivity contribution in [1.29, 1.82) is 0 Å². The highest BCUT2D eigenvalue weighted by atomic mass is 19.3. The summed E-state index contributed by atoms with van der Waals surface area (Å²) in [7, 11) is 1.08. The van der Waals surface area contributed by atoms with Gasteiger partial charge in [-0.25, -0.2) is 0 Å². The zero-order valence-electron chi connectivity index (χ0n) is 8.80. The van der Waals surface area contributed by atoms with Gasteiger partial charge in [-0.1, -0.05) is 12.2 Å². The molecule has 14 heavy (non-hydrogen) atoms. The molecule has 0 aromatic heterocycles. The minimum atomic E-state index is -2.93. The van der Waals surface area contributed by atoms with Crippen LogP contribution in [-0.2, 0) is 4.74 Å². The van der Waals surface area contributed by atoms with Crippen LogP contribution >= 0.6 is 0 Å². The van der Waals surface area contributed by atoms with Crippen LogP contribution in [0.4, 0.5) is 8.78 Å². The van der Waals surface area contributed by atoms with Crippen molar-refractivity contribution in [2.45, 2.75) is 38.7 Å². The highest BCUT2D eigenvalue weighted by Gasteiger charge is 2.41. The Hall–Kier alpha value is -0.440. The van der Waals surface area contributed by atoms with Crippen molar-refractivity contribution in [3.8, 4) is 0 Å². The zero-order valence-corrected chi connectivity index (χ0v) is 8.80.